The van der Waals surface area contributed by atoms with Crippen LogP contribution in [0.2, 0.25) is 0 Å². The van der Waals surface area contributed by atoms with Crippen LogP contribution in [0, 0.1) is 0 Å². The molecule has 0 radical (unpaired) electrons. The molecule has 0 atom stereocenters. The third kappa shape index (κ3) is 4.88. The molecule has 0 spiro atoms. The number of nitrogens with one attached hydrogen (secondary N) is 4. The molecule has 7 heteroatoms. The van der Waals surface area contributed by atoms with Crippen LogP contribution in [-0.2, 0) is 0 Å². The molecule has 1 aromatic rings. The lowest BCUT2D eigenvalue weighted by atomic mass is 10.3. The lowest BCUT2D eigenvalue weighted by Gasteiger charge is -2.14. The summed E-state index contributed by atoms with van der Waals surface area (Å²) in [5.74, 6) is 0.770. The van der Waals surface area contributed by atoms with E-state index in [0.717, 1.165) is 11.4 Å². The maximum atomic E-state index is 5.15. The van der Waals surface area contributed by atoms with E-state index in [1.807, 2.05) is 24.3 Å². The van der Waals surface area contributed by atoms with E-state index in [2.05, 4.69) is 21.5 Å². The Bertz CT molecular complexity index is 477. The maximum Gasteiger partial charge on any atom is 0.189 e. The topological polar surface area (TPSA) is 57.4 Å². The van der Waals surface area contributed by atoms with Gasteiger partial charge in [-0.25, -0.2) is 0 Å². The van der Waals surface area contributed by atoms with Crippen molar-refractivity contribution in [3.05, 3.63) is 24.3 Å². The maximum absolute atomic E-state index is 5.15. The fourth-order valence-corrected chi connectivity index (χ4v) is 1.81. The number of anilines is 1. The number of thiocarbonyl (C=S) groups is 2. The van der Waals surface area contributed by atoms with Crippen molar-refractivity contribution in [2.45, 2.75) is 18.9 Å². The van der Waals surface area contributed by atoms with Gasteiger partial charge in [0, 0.05) is 17.8 Å². The van der Waals surface area contributed by atoms with Crippen LogP contribution in [0.5, 0.6) is 5.75 Å². The van der Waals surface area contributed by atoms with Gasteiger partial charge in [0.25, 0.3) is 0 Å². The van der Waals surface area contributed by atoms with Gasteiger partial charge in [-0.1, -0.05) is 6.07 Å². The van der Waals surface area contributed by atoms with Crippen LogP contribution in [0.25, 0.3) is 0 Å². The number of hydrogen-bond donors (Lipinski definition) is 4. The molecule has 1 aliphatic rings. The van der Waals surface area contributed by atoms with Crippen molar-refractivity contribution in [1.29, 1.82) is 0 Å². The van der Waals surface area contributed by atoms with E-state index >= 15 is 0 Å². The van der Waals surface area contributed by atoms with E-state index in [-0.39, 0.29) is 0 Å². The second-order valence-electron chi connectivity index (χ2n) is 4.18. The standard InChI is InChI=1S/C12H16N4OS2/c1-17-10-4-2-3-9(7-10)14-12(19)16-15-11(18)13-8-5-6-8/h2-4,7-8H,5-6H2,1H3,(H2,13,15,18)(H2,14,16,19). The summed E-state index contributed by atoms with van der Waals surface area (Å²) in [5.41, 5.74) is 6.51. The number of benzene rings is 1. The minimum Gasteiger partial charge on any atom is -0.497 e. The molecule has 19 heavy (non-hydrogen) atoms. The summed E-state index contributed by atoms with van der Waals surface area (Å²) < 4.78 is 5.14. The second kappa shape index (κ2) is 6.53. The average Bonchev–Trinajstić information content (AvgIpc) is 3.20. The molecule has 102 valence electrons. The van der Waals surface area contributed by atoms with Crippen molar-refractivity contribution < 1.29 is 4.74 Å². The molecule has 0 heterocycles. The zero-order chi connectivity index (χ0) is 13.7. The first kappa shape index (κ1) is 13.8. The predicted octanol–water partition coefficient (Wildman–Crippen LogP) is 1.52. The Kier molecular flexibility index (Phi) is 4.75. The van der Waals surface area contributed by atoms with Crippen molar-refractivity contribution in [3.63, 3.8) is 0 Å². The minimum atomic E-state index is 0.438. The summed E-state index contributed by atoms with van der Waals surface area (Å²) in [5, 5.41) is 7.16. The molecule has 4 N–H and O–H groups in total. The van der Waals surface area contributed by atoms with Crippen molar-refractivity contribution in [2.75, 3.05) is 12.4 Å². The van der Waals surface area contributed by atoms with Crippen LogP contribution in [0.3, 0.4) is 0 Å². The Labute approximate surface area is 123 Å². The van der Waals surface area contributed by atoms with Crippen molar-refractivity contribution in [2.24, 2.45) is 0 Å². The summed E-state index contributed by atoms with van der Waals surface area (Å²) in [6.45, 7) is 0. The van der Waals surface area contributed by atoms with Gasteiger partial charge in [-0.3, -0.25) is 10.9 Å². The van der Waals surface area contributed by atoms with Gasteiger partial charge in [-0.15, -0.1) is 0 Å². The van der Waals surface area contributed by atoms with E-state index in [1.54, 1.807) is 7.11 Å². The van der Waals surface area contributed by atoms with Crippen LogP contribution in [0.15, 0.2) is 24.3 Å². The first-order valence-electron chi connectivity index (χ1n) is 5.95. The molecule has 1 saturated carbocycles. The van der Waals surface area contributed by atoms with E-state index in [1.165, 1.54) is 12.8 Å². The summed E-state index contributed by atoms with van der Waals surface area (Å²) in [4.78, 5) is 0. The highest BCUT2D eigenvalue weighted by Gasteiger charge is 2.21. The summed E-state index contributed by atoms with van der Waals surface area (Å²) >= 11 is 10.3. The van der Waals surface area contributed by atoms with Crippen molar-refractivity contribution >= 4 is 40.3 Å². The highest BCUT2D eigenvalue weighted by atomic mass is 32.1. The fraction of sp³-hybridized carbons (Fsp3) is 0.333. The molecule has 2 rings (SSSR count). The number of ether oxygens (including phenoxy) is 1. The van der Waals surface area contributed by atoms with Crippen LogP contribution >= 0.6 is 24.4 Å². The molecule has 1 aromatic carbocycles. The second-order valence-corrected chi connectivity index (χ2v) is 5.00. The molecule has 0 unspecified atom stereocenters. The Morgan fingerprint density at radius 1 is 1.21 bits per heavy atom. The average molecular weight is 296 g/mol. The van der Waals surface area contributed by atoms with Gasteiger partial charge in [-0.2, -0.15) is 0 Å². The molecule has 0 saturated heterocycles. The third-order valence-corrected chi connectivity index (χ3v) is 2.95. The van der Waals surface area contributed by atoms with Gasteiger partial charge in [0.2, 0.25) is 0 Å². The Morgan fingerprint density at radius 2 is 1.95 bits per heavy atom. The monoisotopic (exact) mass is 296 g/mol. The van der Waals surface area contributed by atoms with Crippen LogP contribution in [-0.4, -0.2) is 23.4 Å². The minimum absolute atomic E-state index is 0.438. The predicted molar refractivity (Wildman–Crippen MR) is 84.2 cm³/mol. The van der Waals surface area contributed by atoms with Crippen molar-refractivity contribution in [3.8, 4) is 5.75 Å². The molecule has 0 bridgehead atoms. The molecule has 0 amide bonds. The van der Waals surface area contributed by atoms with Gasteiger partial charge in [-0.05, 0) is 49.4 Å². The van der Waals surface area contributed by atoms with Gasteiger partial charge < -0.3 is 15.4 Å². The number of methoxy groups -OCH3 is 1. The number of rotatable bonds is 3. The Balaban J connectivity index is 1.74. The third-order valence-electron chi connectivity index (χ3n) is 2.53. The molecular formula is C12H16N4OS2. The first-order chi connectivity index (χ1) is 9.17. The van der Waals surface area contributed by atoms with Crippen LogP contribution in [0.1, 0.15) is 12.8 Å². The summed E-state index contributed by atoms with van der Waals surface area (Å²) in [6, 6.07) is 8.03. The van der Waals surface area contributed by atoms with E-state index in [0.29, 0.717) is 16.3 Å². The normalized spacial score (nSPS) is 13.3. The van der Waals surface area contributed by atoms with Crippen LogP contribution < -0.4 is 26.2 Å². The van der Waals surface area contributed by atoms with E-state index in [9.17, 15) is 0 Å². The SMILES string of the molecule is COc1cccc(NC(=S)NNC(=S)NC2CC2)c1. The molecule has 0 aliphatic heterocycles. The van der Waals surface area contributed by atoms with Crippen LogP contribution in [0.4, 0.5) is 5.69 Å². The molecule has 1 aliphatic carbocycles. The van der Waals surface area contributed by atoms with E-state index in [4.69, 9.17) is 29.2 Å². The molecule has 0 aromatic heterocycles. The molecule has 1 fully saturated rings. The van der Waals surface area contributed by atoms with E-state index < -0.39 is 0 Å². The molecular weight excluding hydrogens is 280 g/mol. The zero-order valence-electron chi connectivity index (χ0n) is 10.5. The van der Waals surface area contributed by atoms with Gasteiger partial charge in [0.05, 0.1) is 7.11 Å². The quantitative estimate of drug-likeness (QED) is 0.498. The largest absolute Gasteiger partial charge is 0.497 e. The smallest absolute Gasteiger partial charge is 0.189 e. The first-order valence-corrected chi connectivity index (χ1v) is 6.76. The lowest BCUT2D eigenvalue weighted by Crippen LogP contribution is -2.48. The lowest BCUT2D eigenvalue weighted by molar-refractivity contribution is 0.415. The Morgan fingerprint density at radius 3 is 2.63 bits per heavy atom. The zero-order valence-corrected chi connectivity index (χ0v) is 12.2. The van der Waals surface area contributed by atoms with Gasteiger partial charge in [0.1, 0.15) is 5.75 Å². The molecule has 5 nitrogen and oxygen atoms in total. The highest BCUT2D eigenvalue weighted by Crippen LogP contribution is 2.18. The number of hydrazine groups is 1. The van der Waals surface area contributed by atoms with Gasteiger partial charge in [0.15, 0.2) is 10.2 Å². The van der Waals surface area contributed by atoms with Gasteiger partial charge >= 0.3 is 0 Å². The van der Waals surface area contributed by atoms with Crippen molar-refractivity contribution in [1.82, 2.24) is 16.2 Å². The summed E-state index contributed by atoms with van der Waals surface area (Å²) in [7, 11) is 1.62. The Hall–Kier alpha value is -1.60. The summed E-state index contributed by atoms with van der Waals surface area (Å²) in [6.07, 6.45) is 2.35. The number of hydrogen-bond acceptors (Lipinski definition) is 3. The highest BCUT2D eigenvalue weighted by molar-refractivity contribution is 7.80. The fourth-order valence-electron chi connectivity index (χ4n) is 1.43.